The van der Waals surface area contributed by atoms with Gasteiger partial charge in [-0.25, -0.2) is 0 Å². The van der Waals surface area contributed by atoms with E-state index in [2.05, 4.69) is 48.6 Å². The predicted molar refractivity (Wildman–Crippen MR) is 74.8 cm³/mol. The molecular formula is C16H10S. The average molecular weight is 234 g/mol. The van der Waals surface area contributed by atoms with Crippen LogP contribution in [0.4, 0.5) is 0 Å². The first-order chi connectivity index (χ1) is 8.34. The summed E-state index contributed by atoms with van der Waals surface area (Å²) in [6, 6.07) is 0. The monoisotopic (exact) mass is 234 g/mol. The van der Waals surface area contributed by atoms with Gasteiger partial charge in [0.1, 0.15) is 0 Å². The van der Waals surface area contributed by atoms with Crippen LogP contribution in [0, 0.1) is 5.92 Å². The van der Waals surface area contributed by atoms with Crippen molar-refractivity contribution in [2.45, 2.75) is 0 Å². The molecule has 17 heavy (non-hydrogen) atoms. The lowest BCUT2D eigenvalue weighted by atomic mass is 9.69. The molecule has 0 saturated carbocycles. The van der Waals surface area contributed by atoms with Crippen molar-refractivity contribution in [2.24, 2.45) is 5.92 Å². The minimum absolute atomic E-state index is 0.405. The van der Waals surface area contributed by atoms with Gasteiger partial charge in [-0.3, -0.25) is 0 Å². The van der Waals surface area contributed by atoms with E-state index in [1.807, 2.05) is 6.08 Å². The molecule has 4 aliphatic rings. The molecule has 0 aromatic heterocycles. The SMILES string of the molecule is S=C1C=CC2=CC=C3C=CC=C4C=CC1=C2C43. The molecule has 80 valence electrons. The first-order valence-electron chi connectivity index (χ1n) is 5.80. The summed E-state index contributed by atoms with van der Waals surface area (Å²) in [5, 5.41) is 0. The van der Waals surface area contributed by atoms with Crippen LogP contribution in [0.3, 0.4) is 0 Å². The molecule has 4 aliphatic carbocycles. The molecule has 1 unspecified atom stereocenters. The molecule has 0 heterocycles. The summed E-state index contributed by atoms with van der Waals surface area (Å²) in [5.74, 6) is 0.405. The van der Waals surface area contributed by atoms with Crippen molar-refractivity contribution >= 4 is 17.1 Å². The van der Waals surface area contributed by atoms with Crippen molar-refractivity contribution in [1.82, 2.24) is 0 Å². The zero-order valence-electron chi connectivity index (χ0n) is 9.18. The second-order valence-electron chi connectivity index (χ2n) is 4.61. The number of thiocarbonyl (C=S) groups is 1. The minimum Gasteiger partial charge on any atom is -0.0794 e. The quantitative estimate of drug-likeness (QED) is 0.575. The fourth-order valence-corrected chi connectivity index (χ4v) is 3.18. The van der Waals surface area contributed by atoms with E-state index >= 15 is 0 Å². The van der Waals surface area contributed by atoms with E-state index < -0.39 is 0 Å². The molecule has 0 bridgehead atoms. The van der Waals surface area contributed by atoms with Gasteiger partial charge in [0.15, 0.2) is 0 Å². The van der Waals surface area contributed by atoms with Crippen LogP contribution in [0.1, 0.15) is 0 Å². The molecule has 0 aromatic carbocycles. The van der Waals surface area contributed by atoms with Gasteiger partial charge in [-0.05, 0) is 33.9 Å². The zero-order chi connectivity index (χ0) is 11.4. The summed E-state index contributed by atoms with van der Waals surface area (Å²) in [5.41, 5.74) is 6.69. The van der Waals surface area contributed by atoms with Crippen molar-refractivity contribution in [1.29, 1.82) is 0 Å². The van der Waals surface area contributed by atoms with E-state index in [4.69, 9.17) is 12.2 Å². The summed E-state index contributed by atoms with van der Waals surface area (Å²) in [4.78, 5) is 0.961. The van der Waals surface area contributed by atoms with Crippen LogP contribution in [0.25, 0.3) is 0 Å². The summed E-state index contributed by atoms with van der Waals surface area (Å²) in [7, 11) is 0. The van der Waals surface area contributed by atoms with Crippen molar-refractivity contribution in [3.8, 4) is 0 Å². The molecule has 0 aromatic rings. The van der Waals surface area contributed by atoms with Crippen LogP contribution in [-0.2, 0) is 0 Å². The lowest BCUT2D eigenvalue weighted by molar-refractivity contribution is 0.858. The molecule has 0 N–H and O–H groups in total. The topological polar surface area (TPSA) is 0 Å². The standard InChI is InChI=1S/C16H10S/c17-14-9-7-12-5-4-10-2-1-3-11-6-8-13(14)16(12)15(10)11/h1-9,15H. The Bertz CT molecular complexity index is 658. The molecule has 0 amide bonds. The fraction of sp³-hybridized carbons (Fsp3) is 0.0625. The highest BCUT2D eigenvalue weighted by Gasteiger charge is 2.32. The highest BCUT2D eigenvalue weighted by molar-refractivity contribution is 7.81. The number of allylic oxidation sites excluding steroid dienone is 14. The Morgan fingerprint density at radius 3 is 2.65 bits per heavy atom. The fourth-order valence-electron chi connectivity index (χ4n) is 2.93. The van der Waals surface area contributed by atoms with Gasteiger partial charge in [-0.15, -0.1) is 0 Å². The summed E-state index contributed by atoms with van der Waals surface area (Å²) in [6.07, 6.45) is 19.5. The highest BCUT2D eigenvalue weighted by Crippen LogP contribution is 2.45. The maximum Gasteiger partial charge on any atom is 0.0453 e. The van der Waals surface area contributed by atoms with Crippen LogP contribution in [0.2, 0.25) is 0 Å². The summed E-state index contributed by atoms with van der Waals surface area (Å²) >= 11 is 5.43. The molecular weight excluding hydrogens is 224 g/mol. The van der Waals surface area contributed by atoms with Gasteiger partial charge >= 0.3 is 0 Å². The van der Waals surface area contributed by atoms with E-state index in [0.717, 1.165) is 4.86 Å². The summed E-state index contributed by atoms with van der Waals surface area (Å²) < 4.78 is 0. The lowest BCUT2D eigenvalue weighted by Gasteiger charge is -2.34. The third-order valence-electron chi connectivity index (χ3n) is 3.71. The number of hydrogen-bond acceptors (Lipinski definition) is 1. The Kier molecular flexibility index (Phi) is 1.72. The van der Waals surface area contributed by atoms with E-state index in [1.54, 1.807) is 0 Å². The predicted octanol–water partition coefficient (Wildman–Crippen LogP) is 3.77. The van der Waals surface area contributed by atoms with E-state index in [0.29, 0.717) is 5.92 Å². The molecule has 0 saturated heterocycles. The smallest absolute Gasteiger partial charge is 0.0453 e. The van der Waals surface area contributed by atoms with Gasteiger partial charge in [0, 0.05) is 10.8 Å². The first-order valence-corrected chi connectivity index (χ1v) is 6.20. The van der Waals surface area contributed by atoms with Crippen molar-refractivity contribution < 1.29 is 0 Å². The first kappa shape index (κ1) is 9.32. The molecule has 4 rings (SSSR count). The van der Waals surface area contributed by atoms with E-state index in [9.17, 15) is 0 Å². The van der Waals surface area contributed by atoms with Crippen molar-refractivity contribution in [3.63, 3.8) is 0 Å². The third-order valence-corrected chi connectivity index (χ3v) is 4.07. The van der Waals surface area contributed by atoms with Gasteiger partial charge < -0.3 is 0 Å². The van der Waals surface area contributed by atoms with Gasteiger partial charge in [0.25, 0.3) is 0 Å². The van der Waals surface area contributed by atoms with Crippen LogP contribution in [0.5, 0.6) is 0 Å². The second kappa shape index (κ2) is 3.14. The molecule has 1 atom stereocenters. The Morgan fingerprint density at radius 1 is 0.824 bits per heavy atom. The normalized spacial score (nSPS) is 27.6. The Hall–Kier alpha value is -1.73. The van der Waals surface area contributed by atoms with Crippen LogP contribution in [-0.4, -0.2) is 4.86 Å². The Labute approximate surface area is 106 Å². The Morgan fingerprint density at radius 2 is 1.71 bits per heavy atom. The second-order valence-corrected chi connectivity index (χ2v) is 5.05. The van der Waals surface area contributed by atoms with Crippen LogP contribution < -0.4 is 0 Å². The summed E-state index contributed by atoms with van der Waals surface area (Å²) in [6.45, 7) is 0. The molecule has 0 fully saturated rings. The lowest BCUT2D eigenvalue weighted by Crippen LogP contribution is -2.22. The van der Waals surface area contributed by atoms with Crippen molar-refractivity contribution in [3.05, 3.63) is 82.5 Å². The van der Waals surface area contributed by atoms with Gasteiger partial charge in [-0.1, -0.05) is 60.8 Å². The van der Waals surface area contributed by atoms with Gasteiger partial charge in [0.2, 0.25) is 0 Å². The zero-order valence-corrected chi connectivity index (χ0v) is 10.00. The van der Waals surface area contributed by atoms with Crippen molar-refractivity contribution in [2.75, 3.05) is 0 Å². The molecule has 1 heteroatoms. The molecule has 0 nitrogen and oxygen atoms in total. The molecule has 0 radical (unpaired) electrons. The number of hydrogen-bond donors (Lipinski definition) is 0. The van der Waals surface area contributed by atoms with Crippen LogP contribution in [0.15, 0.2) is 82.5 Å². The molecule has 0 spiro atoms. The third kappa shape index (κ3) is 1.15. The Balaban J connectivity index is 2.06. The number of rotatable bonds is 0. The van der Waals surface area contributed by atoms with Gasteiger partial charge in [0.05, 0.1) is 0 Å². The van der Waals surface area contributed by atoms with E-state index in [1.165, 1.54) is 27.9 Å². The van der Waals surface area contributed by atoms with E-state index in [-0.39, 0.29) is 0 Å². The highest BCUT2D eigenvalue weighted by atomic mass is 32.1. The average Bonchev–Trinajstić information content (AvgIpc) is 2.38. The van der Waals surface area contributed by atoms with Crippen LogP contribution >= 0.6 is 12.2 Å². The van der Waals surface area contributed by atoms with Gasteiger partial charge in [-0.2, -0.15) is 0 Å². The largest absolute Gasteiger partial charge is 0.0794 e. The maximum absolute atomic E-state index is 5.43. The minimum atomic E-state index is 0.405. The maximum atomic E-state index is 5.43. The molecule has 0 aliphatic heterocycles.